The van der Waals surface area contributed by atoms with Gasteiger partial charge in [-0.1, -0.05) is 0 Å². The monoisotopic (exact) mass is 337 g/mol. The fraction of sp³-hybridized carbons (Fsp3) is 0.812. The lowest BCUT2D eigenvalue weighted by Gasteiger charge is -2.30. The smallest absolute Gasteiger partial charge is 0.222 e. The van der Waals surface area contributed by atoms with Crippen LogP contribution in [-0.4, -0.2) is 88.1 Å². The molecule has 0 aliphatic carbocycles. The molecule has 0 aromatic carbocycles. The molecule has 1 aromatic rings. The second kappa shape index (κ2) is 8.55. The van der Waals surface area contributed by atoms with Gasteiger partial charge in [-0.2, -0.15) is 5.10 Å². The number of morpholine rings is 1. The first kappa shape index (κ1) is 17.3. The highest BCUT2D eigenvalue weighted by Crippen LogP contribution is 2.25. The maximum Gasteiger partial charge on any atom is 0.222 e. The number of hydrogen-bond donors (Lipinski definition) is 1. The summed E-state index contributed by atoms with van der Waals surface area (Å²) in [7, 11) is 0. The van der Waals surface area contributed by atoms with Gasteiger partial charge in [0.25, 0.3) is 0 Å². The minimum atomic E-state index is 0.151. The molecule has 0 radical (unpaired) electrons. The van der Waals surface area contributed by atoms with Gasteiger partial charge in [-0.3, -0.25) is 14.4 Å². The lowest BCUT2D eigenvalue weighted by Crippen LogP contribution is -2.41. The van der Waals surface area contributed by atoms with Crippen LogP contribution >= 0.6 is 0 Å². The number of carbonyl (C=O) groups is 1. The van der Waals surface area contributed by atoms with Gasteiger partial charge in [0.05, 0.1) is 13.2 Å². The maximum absolute atomic E-state index is 12.4. The lowest BCUT2D eigenvalue weighted by atomic mass is 9.96. The Labute approximate surface area is 142 Å². The van der Waals surface area contributed by atoms with Crippen molar-refractivity contribution >= 4 is 5.91 Å². The number of aromatic nitrogens is 3. The van der Waals surface area contributed by atoms with Crippen LogP contribution in [0.3, 0.4) is 0 Å². The molecule has 0 saturated carbocycles. The number of likely N-dealkylation sites (tertiary alicyclic amines) is 1. The van der Waals surface area contributed by atoms with Gasteiger partial charge in [0.1, 0.15) is 12.7 Å². The number of aliphatic hydroxyl groups is 1. The molecule has 2 fully saturated rings. The summed E-state index contributed by atoms with van der Waals surface area (Å²) in [5.41, 5.74) is 0. The molecule has 1 amide bonds. The van der Waals surface area contributed by atoms with Crippen molar-refractivity contribution in [2.24, 2.45) is 11.8 Å². The largest absolute Gasteiger partial charge is 0.396 e. The summed E-state index contributed by atoms with van der Waals surface area (Å²) >= 11 is 0. The molecule has 2 atom stereocenters. The summed E-state index contributed by atoms with van der Waals surface area (Å²) in [6, 6.07) is 0. The fourth-order valence-corrected chi connectivity index (χ4v) is 3.57. The van der Waals surface area contributed by atoms with E-state index in [-0.39, 0.29) is 18.4 Å². The first-order valence-corrected chi connectivity index (χ1v) is 8.77. The van der Waals surface area contributed by atoms with Crippen LogP contribution in [0.2, 0.25) is 0 Å². The van der Waals surface area contributed by atoms with Crippen LogP contribution in [0.4, 0.5) is 0 Å². The number of ether oxygens (including phenoxy) is 1. The standard InChI is InChI=1S/C16H27N5O3/c22-11-15-10-20(9-14(15)8-19-4-6-24-7-5-19)16(23)2-1-3-21-13-17-12-18-21/h12-15,22H,1-11H2/t14-,15-/m0/s1. The number of rotatable bonds is 7. The molecular weight excluding hydrogens is 310 g/mol. The summed E-state index contributed by atoms with van der Waals surface area (Å²) in [5.74, 6) is 0.720. The summed E-state index contributed by atoms with van der Waals surface area (Å²) in [4.78, 5) is 20.6. The molecule has 2 saturated heterocycles. The molecule has 8 heteroatoms. The van der Waals surface area contributed by atoms with Crippen LogP contribution in [0.15, 0.2) is 12.7 Å². The van der Waals surface area contributed by atoms with Gasteiger partial charge in [-0.05, 0) is 12.3 Å². The molecule has 0 unspecified atom stereocenters. The summed E-state index contributed by atoms with van der Waals surface area (Å²) < 4.78 is 7.13. The molecule has 1 aromatic heterocycles. The van der Waals surface area contributed by atoms with Gasteiger partial charge < -0.3 is 14.7 Å². The molecule has 3 rings (SSSR count). The summed E-state index contributed by atoms with van der Waals surface area (Å²) in [6.45, 7) is 6.68. The zero-order valence-electron chi connectivity index (χ0n) is 14.1. The number of hydrogen-bond acceptors (Lipinski definition) is 6. The van der Waals surface area contributed by atoms with E-state index in [2.05, 4.69) is 15.0 Å². The van der Waals surface area contributed by atoms with E-state index in [9.17, 15) is 9.90 Å². The second-order valence-corrected chi connectivity index (χ2v) is 6.68. The van der Waals surface area contributed by atoms with E-state index in [0.29, 0.717) is 25.4 Å². The van der Waals surface area contributed by atoms with Gasteiger partial charge in [-0.25, -0.2) is 4.98 Å². The predicted octanol–water partition coefficient (Wildman–Crippen LogP) is -0.543. The van der Waals surface area contributed by atoms with Crippen LogP contribution in [0.5, 0.6) is 0 Å². The molecule has 1 N–H and O–H groups in total. The third kappa shape index (κ3) is 4.52. The highest BCUT2D eigenvalue weighted by molar-refractivity contribution is 5.76. The SMILES string of the molecule is O=C(CCCn1cncn1)N1C[C@@H](CO)[C@@H](CN2CCOCC2)C1. The molecule has 24 heavy (non-hydrogen) atoms. The van der Waals surface area contributed by atoms with E-state index >= 15 is 0 Å². The minimum Gasteiger partial charge on any atom is -0.396 e. The lowest BCUT2D eigenvalue weighted by molar-refractivity contribution is -0.130. The number of aliphatic hydroxyl groups excluding tert-OH is 1. The third-order valence-electron chi connectivity index (χ3n) is 5.00. The van der Waals surface area contributed by atoms with E-state index in [0.717, 1.165) is 45.8 Å². The maximum atomic E-state index is 12.4. The Balaban J connectivity index is 1.44. The van der Waals surface area contributed by atoms with Crippen molar-refractivity contribution in [1.29, 1.82) is 0 Å². The van der Waals surface area contributed by atoms with Crippen molar-refractivity contribution < 1.29 is 14.6 Å². The van der Waals surface area contributed by atoms with Crippen LogP contribution in [0.25, 0.3) is 0 Å². The van der Waals surface area contributed by atoms with E-state index in [1.165, 1.54) is 6.33 Å². The van der Waals surface area contributed by atoms with Gasteiger partial charge in [-0.15, -0.1) is 0 Å². The van der Waals surface area contributed by atoms with Crippen LogP contribution in [0.1, 0.15) is 12.8 Å². The number of amides is 1. The average molecular weight is 337 g/mol. The Morgan fingerprint density at radius 1 is 1.25 bits per heavy atom. The van der Waals surface area contributed by atoms with Crippen molar-refractivity contribution in [2.45, 2.75) is 19.4 Å². The Hall–Kier alpha value is -1.51. The van der Waals surface area contributed by atoms with Crippen molar-refractivity contribution in [1.82, 2.24) is 24.6 Å². The van der Waals surface area contributed by atoms with E-state index in [1.54, 1.807) is 11.0 Å². The molecule has 0 spiro atoms. The van der Waals surface area contributed by atoms with Crippen LogP contribution < -0.4 is 0 Å². The fourth-order valence-electron chi connectivity index (χ4n) is 3.57. The Kier molecular flexibility index (Phi) is 6.17. The Morgan fingerprint density at radius 2 is 2.04 bits per heavy atom. The number of nitrogens with zero attached hydrogens (tertiary/aromatic N) is 5. The number of carbonyl (C=O) groups excluding carboxylic acids is 1. The van der Waals surface area contributed by atoms with Crippen molar-refractivity contribution in [3.05, 3.63) is 12.7 Å². The van der Waals surface area contributed by atoms with Crippen molar-refractivity contribution in [3.63, 3.8) is 0 Å². The molecule has 2 aliphatic heterocycles. The predicted molar refractivity (Wildman–Crippen MR) is 87.2 cm³/mol. The van der Waals surface area contributed by atoms with Gasteiger partial charge in [0.15, 0.2) is 0 Å². The molecule has 0 bridgehead atoms. The van der Waals surface area contributed by atoms with Crippen molar-refractivity contribution in [3.8, 4) is 0 Å². The zero-order valence-corrected chi connectivity index (χ0v) is 14.1. The third-order valence-corrected chi connectivity index (χ3v) is 5.00. The highest BCUT2D eigenvalue weighted by atomic mass is 16.5. The zero-order chi connectivity index (χ0) is 16.8. The molecule has 2 aliphatic rings. The average Bonchev–Trinajstić information content (AvgIpc) is 3.25. The van der Waals surface area contributed by atoms with Crippen LogP contribution in [0, 0.1) is 11.8 Å². The normalized spacial score (nSPS) is 25.3. The first-order chi connectivity index (χ1) is 11.8. The minimum absolute atomic E-state index is 0.151. The van der Waals surface area contributed by atoms with Crippen LogP contribution in [-0.2, 0) is 16.1 Å². The quantitative estimate of drug-likeness (QED) is 0.719. The van der Waals surface area contributed by atoms with Gasteiger partial charge in [0, 0.05) is 58.2 Å². The summed E-state index contributed by atoms with van der Waals surface area (Å²) in [6.07, 6.45) is 4.45. The highest BCUT2D eigenvalue weighted by Gasteiger charge is 2.35. The molecule has 3 heterocycles. The Bertz CT molecular complexity index is 504. The summed E-state index contributed by atoms with van der Waals surface area (Å²) in [5, 5.41) is 13.7. The molecular formula is C16H27N5O3. The van der Waals surface area contributed by atoms with Gasteiger partial charge in [0.2, 0.25) is 5.91 Å². The topological polar surface area (TPSA) is 83.7 Å². The van der Waals surface area contributed by atoms with E-state index in [1.807, 2.05) is 4.90 Å². The molecule has 8 nitrogen and oxygen atoms in total. The first-order valence-electron chi connectivity index (χ1n) is 8.77. The van der Waals surface area contributed by atoms with E-state index in [4.69, 9.17) is 4.74 Å². The van der Waals surface area contributed by atoms with E-state index < -0.39 is 0 Å². The Morgan fingerprint density at radius 3 is 2.75 bits per heavy atom. The second-order valence-electron chi connectivity index (χ2n) is 6.68. The van der Waals surface area contributed by atoms with Crippen molar-refractivity contribution in [2.75, 3.05) is 52.5 Å². The van der Waals surface area contributed by atoms with Gasteiger partial charge >= 0.3 is 0 Å². The molecule has 134 valence electrons. The number of aryl methyl sites for hydroxylation is 1.